The number of hydrogen-bond acceptors (Lipinski definition) is 5. The van der Waals surface area contributed by atoms with Crippen molar-refractivity contribution < 1.29 is 14.0 Å². The van der Waals surface area contributed by atoms with E-state index in [4.69, 9.17) is 10.2 Å². The van der Waals surface area contributed by atoms with Gasteiger partial charge in [-0.2, -0.15) is 0 Å². The Hall–Kier alpha value is -2.83. The molecule has 2 aromatic rings. The van der Waals surface area contributed by atoms with Crippen LogP contribution < -0.4 is 11.1 Å². The average molecular weight is 288 g/mol. The summed E-state index contributed by atoms with van der Waals surface area (Å²) in [4.78, 5) is 28.8. The Morgan fingerprint density at radius 2 is 1.95 bits per heavy atom. The maximum atomic E-state index is 12.0. The van der Waals surface area contributed by atoms with Gasteiger partial charge in [0.25, 0.3) is 5.91 Å². The Balaban J connectivity index is 2.12. The zero-order chi connectivity index (χ0) is 15.4. The lowest BCUT2D eigenvalue weighted by Crippen LogP contribution is -2.36. The molecule has 0 radical (unpaired) electrons. The topological polar surface area (TPSA) is 101 Å². The minimum absolute atomic E-state index is 0.0274. The number of aromatic nitrogens is 1. The quantitative estimate of drug-likeness (QED) is 0.864. The van der Waals surface area contributed by atoms with Crippen LogP contribution in [0.5, 0.6) is 0 Å². The number of carbonyl (C=O) groups excluding carboxylic acids is 2. The third-order valence-corrected chi connectivity index (χ3v) is 2.79. The molecular weight excluding hydrogens is 272 g/mol. The molecule has 1 aromatic carbocycles. The number of nitrogens with two attached hydrogens (primary N) is 1. The van der Waals surface area contributed by atoms with Crippen LogP contribution in [0.4, 0.5) is 5.88 Å². The van der Waals surface area contributed by atoms with E-state index in [0.29, 0.717) is 5.56 Å². The van der Waals surface area contributed by atoms with Gasteiger partial charge in [-0.15, -0.1) is 0 Å². The van der Waals surface area contributed by atoms with E-state index in [2.05, 4.69) is 10.3 Å². The Kier molecular flexibility index (Phi) is 4.22. The molecule has 0 saturated carbocycles. The van der Waals surface area contributed by atoms with Gasteiger partial charge < -0.3 is 20.4 Å². The van der Waals surface area contributed by atoms with Gasteiger partial charge in [0.15, 0.2) is 5.69 Å². The molecule has 0 atom stereocenters. The molecule has 21 heavy (non-hydrogen) atoms. The van der Waals surface area contributed by atoms with Crippen molar-refractivity contribution in [1.82, 2.24) is 15.2 Å². The second kappa shape index (κ2) is 6.08. The highest BCUT2D eigenvalue weighted by atomic mass is 16.4. The lowest BCUT2D eigenvalue weighted by atomic mass is 10.2. The van der Waals surface area contributed by atoms with Crippen LogP contribution in [-0.4, -0.2) is 42.3 Å². The van der Waals surface area contributed by atoms with Crippen LogP contribution in [0, 0.1) is 0 Å². The molecule has 0 fully saturated rings. The minimum Gasteiger partial charge on any atom is -0.420 e. The summed E-state index contributed by atoms with van der Waals surface area (Å²) in [7, 11) is 3.21. The highest BCUT2D eigenvalue weighted by Crippen LogP contribution is 2.23. The number of nitrogens with zero attached hydrogens (tertiary/aromatic N) is 2. The van der Waals surface area contributed by atoms with Crippen LogP contribution in [0.25, 0.3) is 11.5 Å². The number of oxazole rings is 1. The molecule has 0 bridgehead atoms. The normalized spacial score (nSPS) is 10.2. The molecular formula is C14H16N4O3. The Labute approximate surface area is 121 Å². The van der Waals surface area contributed by atoms with Crippen molar-refractivity contribution in [3.8, 4) is 11.5 Å². The summed E-state index contributed by atoms with van der Waals surface area (Å²) in [6.07, 6.45) is 0. The van der Waals surface area contributed by atoms with Gasteiger partial charge in [0.05, 0.1) is 6.54 Å². The largest absolute Gasteiger partial charge is 0.420 e. The average Bonchev–Trinajstić information content (AvgIpc) is 2.87. The molecule has 2 rings (SSSR count). The first-order valence-corrected chi connectivity index (χ1v) is 6.29. The monoisotopic (exact) mass is 288 g/mol. The summed E-state index contributed by atoms with van der Waals surface area (Å²) in [5, 5.41) is 2.45. The Morgan fingerprint density at radius 3 is 2.57 bits per heavy atom. The second-order valence-electron chi connectivity index (χ2n) is 4.57. The lowest BCUT2D eigenvalue weighted by molar-refractivity contribution is -0.127. The number of rotatable bonds is 4. The van der Waals surface area contributed by atoms with Crippen molar-refractivity contribution in [1.29, 1.82) is 0 Å². The summed E-state index contributed by atoms with van der Waals surface area (Å²) in [6, 6.07) is 9.10. The van der Waals surface area contributed by atoms with Gasteiger partial charge in [0, 0.05) is 19.7 Å². The predicted octanol–water partition coefficient (Wildman–Crippen LogP) is 0.742. The highest BCUT2D eigenvalue weighted by molar-refractivity contribution is 5.98. The Bertz CT molecular complexity index is 649. The zero-order valence-electron chi connectivity index (χ0n) is 11.8. The first kappa shape index (κ1) is 14.6. The van der Waals surface area contributed by atoms with E-state index < -0.39 is 5.91 Å². The van der Waals surface area contributed by atoms with Gasteiger partial charge in [0.1, 0.15) is 0 Å². The molecule has 0 saturated heterocycles. The maximum Gasteiger partial charge on any atom is 0.276 e. The van der Waals surface area contributed by atoms with E-state index in [1.54, 1.807) is 26.2 Å². The number of nitrogen functional groups attached to an aromatic ring is 1. The van der Waals surface area contributed by atoms with Crippen LogP contribution in [0.1, 0.15) is 10.5 Å². The number of hydrogen-bond donors (Lipinski definition) is 2. The fourth-order valence-corrected chi connectivity index (χ4v) is 1.60. The van der Waals surface area contributed by atoms with E-state index in [0.717, 1.165) is 0 Å². The van der Waals surface area contributed by atoms with Crippen LogP contribution in [0.15, 0.2) is 34.7 Å². The van der Waals surface area contributed by atoms with Crippen LogP contribution in [-0.2, 0) is 4.79 Å². The minimum atomic E-state index is -0.548. The zero-order valence-corrected chi connectivity index (χ0v) is 11.8. The summed E-state index contributed by atoms with van der Waals surface area (Å²) in [5.74, 6) is -0.594. The second-order valence-corrected chi connectivity index (χ2v) is 4.57. The van der Waals surface area contributed by atoms with E-state index >= 15 is 0 Å². The maximum absolute atomic E-state index is 12.0. The number of likely N-dealkylation sites (N-methyl/N-ethyl adjacent to an activating group) is 1. The highest BCUT2D eigenvalue weighted by Gasteiger charge is 2.19. The standard InChI is InChI=1S/C14H16N4O3/c1-18(2)10(19)8-16-13(20)11-12(15)21-14(17-11)9-6-4-3-5-7-9/h3-7H,8,15H2,1-2H3,(H,16,20). The number of carbonyl (C=O) groups is 2. The van der Waals surface area contributed by atoms with Gasteiger partial charge in [-0.25, -0.2) is 4.98 Å². The summed E-state index contributed by atoms with van der Waals surface area (Å²) >= 11 is 0. The fourth-order valence-electron chi connectivity index (χ4n) is 1.60. The van der Waals surface area contributed by atoms with E-state index in [1.807, 2.05) is 18.2 Å². The number of nitrogens with one attached hydrogen (secondary N) is 1. The fraction of sp³-hybridized carbons (Fsp3) is 0.214. The Morgan fingerprint density at radius 1 is 1.29 bits per heavy atom. The summed E-state index contributed by atoms with van der Waals surface area (Å²) < 4.78 is 5.29. The van der Waals surface area contributed by atoms with E-state index in [1.165, 1.54) is 4.90 Å². The van der Waals surface area contributed by atoms with Crippen molar-refractivity contribution in [3.05, 3.63) is 36.0 Å². The smallest absolute Gasteiger partial charge is 0.276 e. The van der Waals surface area contributed by atoms with E-state index in [9.17, 15) is 9.59 Å². The van der Waals surface area contributed by atoms with Gasteiger partial charge in [0.2, 0.25) is 17.7 Å². The molecule has 7 heteroatoms. The summed E-state index contributed by atoms with van der Waals surface area (Å²) in [5.41, 5.74) is 6.35. The van der Waals surface area contributed by atoms with Crippen molar-refractivity contribution in [2.75, 3.05) is 26.4 Å². The molecule has 1 heterocycles. The van der Waals surface area contributed by atoms with Crippen LogP contribution in [0.3, 0.4) is 0 Å². The molecule has 3 N–H and O–H groups in total. The molecule has 110 valence electrons. The van der Waals surface area contributed by atoms with Crippen molar-refractivity contribution in [2.45, 2.75) is 0 Å². The molecule has 7 nitrogen and oxygen atoms in total. The summed E-state index contributed by atoms with van der Waals surface area (Å²) in [6.45, 7) is -0.126. The lowest BCUT2D eigenvalue weighted by Gasteiger charge is -2.10. The third kappa shape index (κ3) is 3.38. The van der Waals surface area contributed by atoms with Crippen molar-refractivity contribution >= 4 is 17.7 Å². The first-order valence-electron chi connectivity index (χ1n) is 6.29. The molecule has 0 spiro atoms. The van der Waals surface area contributed by atoms with Crippen molar-refractivity contribution in [2.24, 2.45) is 0 Å². The third-order valence-electron chi connectivity index (χ3n) is 2.79. The van der Waals surface area contributed by atoms with Gasteiger partial charge in [-0.05, 0) is 12.1 Å². The molecule has 1 aromatic heterocycles. The van der Waals surface area contributed by atoms with E-state index in [-0.39, 0.29) is 29.9 Å². The van der Waals surface area contributed by atoms with Crippen molar-refractivity contribution in [3.63, 3.8) is 0 Å². The first-order chi connectivity index (χ1) is 9.99. The SMILES string of the molecule is CN(C)C(=O)CNC(=O)c1nc(-c2ccccc2)oc1N. The van der Waals surface area contributed by atoms with Crippen LogP contribution in [0.2, 0.25) is 0 Å². The molecule has 2 amide bonds. The van der Waals surface area contributed by atoms with Gasteiger partial charge in [-0.3, -0.25) is 9.59 Å². The molecule has 0 aliphatic heterocycles. The number of amides is 2. The van der Waals surface area contributed by atoms with Crippen LogP contribution >= 0.6 is 0 Å². The molecule has 0 aliphatic carbocycles. The molecule has 0 unspecified atom stereocenters. The number of benzene rings is 1. The predicted molar refractivity (Wildman–Crippen MR) is 77.4 cm³/mol. The number of anilines is 1. The molecule has 0 aliphatic rings. The van der Waals surface area contributed by atoms with Gasteiger partial charge >= 0.3 is 0 Å². The van der Waals surface area contributed by atoms with Gasteiger partial charge in [-0.1, -0.05) is 18.2 Å².